The second-order valence-corrected chi connectivity index (χ2v) is 17.2. The molecule has 16 heteroatoms. The molecule has 330 valence electrons. The van der Waals surface area contributed by atoms with Gasteiger partial charge in [-0.1, -0.05) is 54.6 Å². The minimum absolute atomic E-state index is 0.0747. The molecule has 1 fully saturated rings. The number of hydrogen-bond acceptors (Lipinski definition) is 13. The molecule has 3 aromatic carbocycles. The van der Waals surface area contributed by atoms with Crippen molar-refractivity contribution >= 4 is 31.7 Å². The van der Waals surface area contributed by atoms with Crippen LogP contribution in [0.4, 0.5) is 5.82 Å². The van der Waals surface area contributed by atoms with Crippen LogP contribution in [0.5, 0.6) is 11.5 Å². The summed E-state index contributed by atoms with van der Waals surface area (Å²) in [4.78, 5) is 15.8. The third-order valence-corrected chi connectivity index (χ3v) is 12.8. The first-order valence-corrected chi connectivity index (χ1v) is 22.1. The summed E-state index contributed by atoms with van der Waals surface area (Å²) in [6.07, 6.45) is 3.44. The summed E-state index contributed by atoms with van der Waals surface area (Å²) in [5.74, 6) is 2.40. The summed E-state index contributed by atoms with van der Waals surface area (Å²) < 4.78 is 49.1. The Balaban J connectivity index is 1.35. The van der Waals surface area contributed by atoms with Crippen molar-refractivity contribution in [1.29, 1.82) is 5.26 Å². The summed E-state index contributed by atoms with van der Waals surface area (Å²) in [5, 5.41) is 15.2. The number of furan rings is 1. The first kappa shape index (κ1) is 45.3. The Bertz CT molecular complexity index is 2380. The Morgan fingerprint density at radius 2 is 1.56 bits per heavy atom. The highest BCUT2D eigenvalue weighted by Gasteiger charge is 2.46. The zero-order chi connectivity index (χ0) is 44.5. The van der Waals surface area contributed by atoms with Crippen LogP contribution in [0.3, 0.4) is 0 Å². The lowest BCUT2D eigenvalue weighted by molar-refractivity contribution is -0.0931. The molecule has 4 unspecified atom stereocenters. The highest BCUT2D eigenvalue weighted by Crippen LogP contribution is 2.51. The van der Waals surface area contributed by atoms with E-state index in [2.05, 4.69) is 60.5 Å². The lowest BCUT2D eigenvalue weighted by atomic mass is 9.80. The number of hydrogen-bond donors (Lipinski definition) is 0. The van der Waals surface area contributed by atoms with E-state index in [4.69, 9.17) is 42.5 Å². The summed E-state index contributed by atoms with van der Waals surface area (Å²) in [5.41, 5.74) is 2.58. The van der Waals surface area contributed by atoms with Crippen LogP contribution in [0.1, 0.15) is 63.5 Å². The van der Waals surface area contributed by atoms with E-state index >= 15 is 0 Å². The molecule has 4 heterocycles. The van der Waals surface area contributed by atoms with Crippen LogP contribution in [0, 0.1) is 11.3 Å². The van der Waals surface area contributed by atoms with E-state index in [1.54, 1.807) is 31.5 Å². The molecule has 1 saturated heterocycles. The number of fused-ring (bicyclic) bond motifs is 1. The Kier molecular flexibility index (Phi) is 14.8. The number of benzene rings is 3. The molecule has 0 saturated carbocycles. The van der Waals surface area contributed by atoms with E-state index in [9.17, 15) is 5.26 Å². The largest absolute Gasteiger partial charge is 0.497 e. The van der Waals surface area contributed by atoms with Gasteiger partial charge in [0.1, 0.15) is 35.2 Å². The fraction of sp³-hybridized carbons (Fsp3) is 0.383. The van der Waals surface area contributed by atoms with Gasteiger partial charge >= 0.3 is 0 Å². The van der Waals surface area contributed by atoms with Gasteiger partial charge in [0, 0.05) is 32.6 Å². The third kappa shape index (κ3) is 9.92. The lowest BCUT2D eigenvalue weighted by Gasteiger charge is -2.39. The maximum absolute atomic E-state index is 9.48. The molecule has 1 aliphatic rings. The predicted octanol–water partition coefficient (Wildman–Crippen LogP) is 9.28. The Morgan fingerprint density at radius 1 is 0.905 bits per heavy atom. The molecule has 0 amide bonds. The molecule has 7 rings (SSSR count). The van der Waals surface area contributed by atoms with Crippen molar-refractivity contribution in [3.63, 3.8) is 0 Å². The first-order valence-electron chi connectivity index (χ1n) is 20.9. The number of methoxy groups -OCH3 is 2. The van der Waals surface area contributed by atoms with E-state index in [1.807, 2.05) is 97.9 Å². The summed E-state index contributed by atoms with van der Waals surface area (Å²) in [6, 6.07) is 32.0. The van der Waals surface area contributed by atoms with Gasteiger partial charge in [-0.05, 0) is 80.8 Å². The van der Waals surface area contributed by atoms with Gasteiger partial charge in [-0.2, -0.15) is 10.4 Å². The monoisotopic (exact) mass is 874 g/mol. The molecule has 0 radical (unpaired) electrons. The van der Waals surface area contributed by atoms with Crippen molar-refractivity contribution in [3.8, 4) is 29.0 Å². The zero-order valence-corrected chi connectivity index (χ0v) is 37.9. The molecule has 0 aliphatic carbocycles. The van der Waals surface area contributed by atoms with Crippen molar-refractivity contribution in [3.05, 3.63) is 120 Å². The maximum Gasteiger partial charge on any atom is 0.259 e. The van der Waals surface area contributed by atoms with Crippen LogP contribution < -0.4 is 9.47 Å². The van der Waals surface area contributed by atoms with Crippen molar-refractivity contribution < 1.29 is 32.4 Å². The van der Waals surface area contributed by atoms with Crippen molar-refractivity contribution in [2.45, 2.75) is 76.7 Å². The standard InChI is InChI=1S/C47H55N8O7P/c1-32(2)55(33(3)4)63(60-27-13-25-48)62-40-28-42(54-46-43(44(52-54)39-16-12-26-58-39)45(49-30-50-46)51-31-53(5)6)61-41(40)29-59-47(34-14-10-9-11-15-34,35-17-21-37(56-7)22-18-35)36-19-23-38(57-8)24-20-36/h9-12,14-24,26,30-33,40-42H,13,27-29H2,1-8H3/b51-31-. The maximum atomic E-state index is 9.48. The van der Waals surface area contributed by atoms with Crippen molar-refractivity contribution in [1.82, 2.24) is 29.3 Å². The number of ether oxygens (including phenoxy) is 4. The number of nitrogens with zero attached hydrogens (tertiary/aromatic N) is 8. The van der Waals surface area contributed by atoms with Crippen molar-refractivity contribution in [2.24, 2.45) is 4.99 Å². The molecular formula is C47H55N8O7P. The lowest BCUT2D eigenvalue weighted by Crippen LogP contribution is -2.39. The Hall–Kier alpha value is -5.72. The van der Waals surface area contributed by atoms with Gasteiger partial charge in [0.2, 0.25) is 0 Å². The quantitative estimate of drug-likeness (QED) is 0.0236. The average Bonchev–Trinajstić information content (AvgIpc) is 4.06. The van der Waals surface area contributed by atoms with Crippen molar-refractivity contribution in [2.75, 3.05) is 41.5 Å². The Labute approximate surface area is 370 Å². The molecule has 0 N–H and O–H groups in total. The van der Waals surface area contributed by atoms with Gasteiger partial charge in [0.25, 0.3) is 8.53 Å². The van der Waals surface area contributed by atoms with E-state index in [-0.39, 0.29) is 31.7 Å². The van der Waals surface area contributed by atoms with Gasteiger partial charge in [-0.3, -0.25) is 0 Å². The van der Waals surface area contributed by atoms with Crippen LogP contribution in [0.2, 0.25) is 0 Å². The fourth-order valence-corrected chi connectivity index (χ4v) is 9.57. The van der Waals surface area contributed by atoms with Gasteiger partial charge in [-0.25, -0.2) is 24.3 Å². The van der Waals surface area contributed by atoms with Crippen LogP contribution in [0.25, 0.3) is 22.5 Å². The highest BCUT2D eigenvalue weighted by atomic mass is 31.2. The number of aliphatic imine (C=N–C) groups is 1. The normalized spacial score (nSPS) is 17.3. The minimum atomic E-state index is -1.67. The topological polar surface area (TPSA) is 155 Å². The molecule has 6 aromatic rings. The third-order valence-electron chi connectivity index (χ3n) is 10.6. The smallest absolute Gasteiger partial charge is 0.259 e. The summed E-state index contributed by atoms with van der Waals surface area (Å²) >= 11 is 0. The molecular weight excluding hydrogens is 820 g/mol. The Morgan fingerprint density at radius 3 is 2.13 bits per heavy atom. The van der Waals surface area contributed by atoms with Crippen LogP contribution >= 0.6 is 8.53 Å². The van der Waals surface area contributed by atoms with Gasteiger partial charge in [-0.15, -0.1) is 0 Å². The van der Waals surface area contributed by atoms with E-state index < -0.39 is 32.6 Å². The van der Waals surface area contributed by atoms with E-state index in [1.165, 1.54) is 6.33 Å². The van der Waals surface area contributed by atoms with E-state index in [0.29, 0.717) is 34.7 Å². The number of aromatic nitrogens is 4. The molecule has 0 spiro atoms. The van der Waals surface area contributed by atoms with Gasteiger partial charge in [0.15, 0.2) is 23.5 Å². The molecule has 63 heavy (non-hydrogen) atoms. The minimum Gasteiger partial charge on any atom is -0.497 e. The predicted molar refractivity (Wildman–Crippen MR) is 242 cm³/mol. The SMILES string of the molecule is COc1ccc(C(OCC2OC(n3nc(-c4ccco4)c4c(/N=C\N(C)C)ncnc43)CC2OP(OCCC#N)N(C(C)C)C(C)C)(c2ccccc2)c2ccc(OC)cc2)cc1. The number of rotatable bonds is 20. The van der Waals surface area contributed by atoms with Gasteiger partial charge < -0.3 is 37.3 Å². The molecule has 1 aliphatic heterocycles. The molecule has 0 bridgehead atoms. The number of nitriles is 1. The highest BCUT2D eigenvalue weighted by molar-refractivity contribution is 7.44. The second-order valence-electron chi connectivity index (χ2n) is 15.7. The average molecular weight is 875 g/mol. The first-order chi connectivity index (χ1) is 30.6. The summed E-state index contributed by atoms with van der Waals surface area (Å²) in [6.45, 7) is 8.74. The van der Waals surface area contributed by atoms with E-state index in [0.717, 1.165) is 28.2 Å². The fourth-order valence-electron chi connectivity index (χ4n) is 7.81. The molecule has 4 atom stereocenters. The summed E-state index contributed by atoms with van der Waals surface area (Å²) in [7, 11) is 5.41. The van der Waals surface area contributed by atoms with Gasteiger partial charge in [0.05, 0.1) is 64.0 Å². The second kappa shape index (κ2) is 20.6. The van der Waals surface area contributed by atoms with Crippen LogP contribution in [-0.2, 0) is 24.1 Å². The zero-order valence-electron chi connectivity index (χ0n) is 37.0. The molecule has 3 aromatic heterocycles. The van der Waals surface area contributed by atoms with Crippen LogP contribution in [0.15, 0.2) is 113 Å². The van der Waals surface area contributed by atoms with Crippen LogP contribution in [-0.4, -0.2) is 101 Å². The molecule has 15 nitrogen and oxygen atoms in total.